The van der Waals surface area contributed by atoms with Crippen LogP contribution in [-0.2, 0) is 9.53 Å². The molecule has 33 heavy (non-hydrogen) atoms. The monoisotopic (exact) mass is 453 g/mol. The first-order valence-electron chi connectivity index (χ1n) is 9.90. The zero-order valence-corrected chi connectivity index (χ0v) is 17.5. The van der Waals surface area contributed by atoms with Crippen LogP contribution in [-0.4, -0.2) is 51.6 Å². The number of nitrogens with two attached hydrogens (primary N) is 1. The number of benzene rings is 1. The van der Waals surface area contributed by atoms with Crippen molar-refractivity contribution in [3.63, 3.8) is 0 Å². The standard InChI is InChI=1S/C21H20FN7O4/c1-12(30)24-8-14-9-29(21(32)33-14)13-5-6-17(15(22)7-13)28-10-16(25-11-28)20(31)27-19-4-2-3-18(23)26-19/h2-7,10-11,14H,8-9H2,1H3,(H,24,30)(H3,23,26,27,31). The molecule has 4 rings (SSSR count). The van der Waals surface area contributed by atoms with E-state index < -0.39 is 23.9 Å². The summed E-state index contributed by atoms with van der Waals surface area (Å²) in [5.41, 5.74) is 6.08. The van der Waals surface area contributed by atoms with Gasteiger partial charge in [0.15, 0.2) is 0 Å². The van der Waals surface area contributed by atoms with Crippen LogP contribution in [0.1, 0.15) is 17.4 Å². The van der Waals surface area contributed by atoms with E-state index in [1.165, 1.54) is 41.0 Å². The summed E-state index contributed by atoms with van der Waals surface area (Å²) in [4.78, 5) is 44.9. The summed E-state index contributed by atoms with van der Waals surface area (Å²) in [5, 5.41) is 5.15. The number of halogens is 1. The van der Waals surface area contributed by atoms with Crippen molar-refractivity contribution in [1.29, 1.82) is 0 Å². The SMILES string of the molecule is CC(=O)NCC1CN(c2ccc(-n3cnc(C(=O)Nc4cccc(N)n4)c3)c(F)c2)C(=O)O1. The van der Waals surface area contributed by atoms with Gasteiger partial charge in [0.25, 0.3) is 5.91 Å². The van der Waals surface area contributed by atoms with Gasteiger partial charge in [-0.05, 0) is 30.3 Å². The lowest BCUT2D eigenvalue weighted by Crippen LogP contribution is -2.33. The van der Waals surface area contributed by atoms with Gasteiger partial charge in [0.05, 0.1) is 24.5 Å². The van der Waals surface area contributed by atoms with Crippen LogP contribution in [0.15, 0.2) is 48.9 Å². The number of amides is 3. The van der Waals surface area contributed by atoms with Gasteiger partial charge in [0, 0.05) is 13.1 Å². The maximum Gasteiger partial charge on any atom is 0.414 e. The van der Waals surface area contributed by atoms with Crippen molar-refractivity contribution in [1.82, 2.24) is 19.9 Å². The van der Waals surface area contributed by atoms with Gasteiger partial charge in [-0.3, -0.25) is 14.5 Å². The predicted octanol–water partition coefficient (Wildman–Crippen LogP) is 1.70. The van der Waals surface area contributed by atoms with Crippen LogP contribution in [0, 0.1) is 5.82 Å². The Kier molecular flexibility index (Phi) is 5.89. The Labute approximate surface area is 187 Å². The maximum absolute atomic E-state index is 14.9. The third-order valence-corrected chi connectivity index (χ3v) is 4.80. The lowest BCUT2D eigenvalue weighted by Gasteiger charge is -2.14. The predicted molar refractivity (Wildman–Crippen MR) is 116 cm³/mol. The minimum Gasteiger partial charge on any atom is -0.442 e. The van der Waals surface area contributed by atoms with E-state index in [1.807, 2.05) is 0 Å². The molecule has 3 aromatic rings. The number of ether oxygens (including phenoxy) is 1. The highest BCUT2D eigenvalue weighted by Crippen LogP contribution is 2.25. The van der Waals surface area contributed by atoms with Crippen LogP contribution in [0.25, 0.3) is 5.69 Å². The molecule has 12 heteroatoms. The Morgan fingerprint density at radius 3 is 2.85 bits per heavy atom. The molecule has 1 unspecified atom stereocenters. The molecule has 3 heterocycles. The molecule has 3 amide bonds. The van der Waals surface area contributed by atoms with Crippen LogP contribution in [0.2, 0.25) is 0 Å². The van der Waals surface area contributed by atoms with E-state index in [0.717, 1.165) is 0 Å². The van der Waals surface area contributed by atoms with E-state index in [9.17, 15) is 18.8 Å². The zero-order chi connectivity index (χ0) is 23.5. The van der Waals surface area contributed by atoms with Crippen molar-refractivity contribution in [3.05, 3.63) is 60.4 Å². The van der Waals surface area contributed by atoms with Gasteiger partial charge < -0.3 is 25.7 Å². The normalized spacial score (nSPS) is 15.3. The highest BCUT2D eigenvalue weighted by molar-refractivity contribution is 6.02. The molecule has 0 spiro atoms. The first kappa shape index (κ1) is 21.7. The second kappa shape index (κ2) is 8.94. The molecule has 1 aliphatic heterocycles. The van der Waals surface area contributed by atoms with E-state index in [1.54, 1.807) is 24.3 Å². The fourth-order valence-electron chi connectivity index (χ4n) is 3.24. The summed E-state index contributed by atoms with van der Waals surface area (Å²) in [6.07, 6.45) is 1.50. The van der Waals surface area contributed by atoms with Crippen LogP contribution >= 0.6 is 0 Å². The molecule has 0 radical (unpaired) electrons. The zero-order valence-electron chi connectivity index (χ0n) is 17.5. The average Bonchev–Trinajstić information content (AvgIpc) is 3.39. The van der Waals surface area contributed by atoms with Crippen molar-refractivity contribution in [2.45, 2.75) is 13.0 Å². The molecule has 0 bridgehead atoms. The number of pyridine rings is 1. The second-order valence-corrected chi connectivity index (χ2v) is 7.26. The van der Waals surface area contributed by atoms with Crippen LogP contribution in [0.4, 0.5) is 26.5 Å². The number of carbonyl (C=O) groups is 3. The van der Waals surface area contributed by atoms with Crippen molar-refractivity contribution in [3.8, 4) is 5.69 Å². The van der Waals surface area contributed by atoms with Crippen molar-refractivity contribution >= 4 is 35.2 Å². The van der Waals surface area contributed by atoms with Gasteiger partial charge in [0.1, 0.15) is 35.6 Å². The number of nitrogens with zero attached hydrogens (tertiary/aromatic N) is 4. The Hall–Kier alpha value is -4.48. The van der Waals surface area contributed by atoms with E-state index >= 15 is 0 Å². The number of nitrogen functional groups attached to an aromatic ring is 1. The highest BCUT2D eigenvalue weighted by Gasteiger charge is 2.32. The minimum absolute atomic E-state index is 0.0478. The van der Waals surface area contributed by atoms with E-state index in [2.05, 4.69) is 20.6 Å². The maximum atomic E-state index is 14.9. The molecular formula is C21H20FN7O4. The van der Waals surface area contributed by atoms with Crippen molar-refractivity contribution < 1.29 is 23.5 Å². The molecule has 1 fully saturated rings. The topological polar surface area (TPSA) is 144 Å². The average molecular weight is 453 g/mol. The minimum atomic E-state index is -0.632. The Balaban J connectivity index is 1.46. The molecule has 2 aromatic heterocycles. The number of rotatable bonds is 6. The smallest absolute Gasteiger partial charge is 0.414 e. The quantitative estimate of drug-likeness (QED) is 0.515. The lowest BCUT2D eigenvalue weighted by atomic mass is 10.2. The van der Waals surface area contributed by atoms with Gasteiger partial charge in [-0.15, -0.1) is 0 Å². The molecule has 0 saturated carbocycles. The summed E-state index contributed by atoms with van der Waals surface area (Å²) in [7, 11) is 0. The summed E-state index contributed by atoms with van der Waals surface area (Å²) in [6, 6.07) is 9.01. The van der Waals surface area contributed by atoms with E-state index in [0.29, 0.717) is 5.69 Å². The number of anilines is 3. The Morgan fingerprint density at radius 2 is 2.12 bits per heavy atom. The molecule has 0 aliphatic carbocycles. The first-order chi connectivity index (χ1) is 15.8. The van der Waals surface area contributed by atoms with Gasteiger partial charge in [-0.1, -0.05) is 6.07 Å². The molecule has 1 saturated heterocycles. The highest BCUT2D eigenvalue weighted by atomic mass is 19.1. The van der Waals surface area contributed by atoms with E-state index in [-0.39, 0.29) is 42.0 Å². The molecular weight excluding hydrogens is 433 g/mol. The summed E-state index contributed by atoms with van der Waals surface area (Å²) >= 11 is 0. The molecule has 1 atom stereocenters. The van der Waals surface area contributed by atoms with Crippen LogP contribution < -0.4 is 21.3 Å². The van der Waals surface area contributed by atoms with Crippen molar-refractivity contribution in [2.75, 3.05) is 29.0 Å². The lowest BCUT2D eigenvalue weighted by molar-refractivity contribution is -0.119. The number of imidazole rings is 1. The number of hydrogen-bond acceptors (Lipinski definition) is 7. The number of cyclic esters (lactones) is 1. The van der Waals surface area contributed by atoms with Gasteiger partial charge in [-0.2, -0.15) is 0 Å². The Morgan fingerprint density at radius 1 is 1.30 bits per heavy atom. The third kappa shape index (κ3) is 4.89. The fourth-order valence-corrected chi connectivity index (χ4v) is 3.24. The fraction of sp³-hybridized carbons (Fsp3) is 0.190. The second-order valence-electron chi connectivity index (χ2n) is 7.26. The molecule has 1 aliphatic rings. The summed E-state index contributed by atoms with van der Waals surface area (Å²) < 4.78 is 21.4. The van der Waals surface area contributed by atoms with Gasteiger partial charge in [0.2, 0.25) is 5.91 Å². The summed E-state index contributed by atoms with van der Waals surface area (Å²) in [5.74, 6) is -0.887. The van der Waals surface area contributed by atoms with E-state index in [4.69, 9.17) is 10.5 Å². The largest absolute Gasteiger partial charge is 0.442 e. The third-order valence-electron chi connectivity index (χ3n) is 4.80. The number of aromatic nitrogens is 3. The number of carbonyl (C=O) groups excluding carboxylic acids is 3. The number of hydrogen-bond donors (Lipinski definition) is 3. The molecule has 170 valence electrons. The molecule has 4 N–H and O–H groups in total. The summed E-state index contributed by atoms with van der Waals surface area (Å²) in [6.45, 7) is 1.71. The molecule has 1 aromatic carbocycles. The van der Waals surface area contributed by atoms with Gasteiger partial charge in [-0.25, -0.2) is 19.2 Å². The molecule has 11 nitrogen and oxygen atoms in total. The van der Waals surface area contributed by atoms with Crippen LogP contribution in [0.3, 0.4) is 0 Å². The number of nitrogens with one attached hydrogen (secondary N) is 2. The Bertz CT molecular complexity index is 1230. The van der Waals surface area contributed by atoms with Crippen LogP contribution in [0.5, 0.6) is 0 Å². The van der Waals surface area contributed by atoms with Gasteiger partial charge >= 0.3 is 6.09 Å². The first-order valence-corrected chi connectivity index (χ1v) is 9.90. The van der Waals surface area contributed by atoms with Crippen molar-refractivity contribution in [2.24, 2.45) is 0 Å².